The molecule has 0 saturated heterocycles. The van der Waals surface area contributed by atoms with Crippen molar-refractivity contribution in [2.24, 2.45) is 0 Å². The number of aliphatic hydroxyl groups excluding tert-OH is 1. The van der Waals surface area contributed by atoms with Crippen LogP contribution in [0, 0.1) is 5.82 Å². The maximum absolute atomic E-state index is 13.3. The molecule has 0 saturated carbocycles. The summed E-state index contributed by atoms with van der Waals surface area (Å²) in [6.45, 7) is 0.366. The van der Waals surface area contributed by atoms with Crippen LogP contribution in [0.1, 0.15) is 11.7 Å². The average molecular weight is 234 g/mol. The topological polar surface area (TPSA) is 41.5 Å². The van der Waals surface area contributed by atoms with E-state index in [2.05, 4.69) is 5.32 Å². The highest BCUT2D eigenvalue weighted by atomic mass is 35.5. The van der Waals surface area contributed by atoms with Crippen LogP contribution >= 0.6 is 11.6 Å². The molecule has 84 valence electrons. The fourth-order valence-corrected chi connectivity index (χ4v) is 1.46. The molecule has 3 nitrogen and oxygen atoms in total. The molecule has 0 fully saturated rings. The summed E-state index contributed by atoms with van der Waals surface area (Å²) in [7, 11) is 3.06. The van der Waals surface area contributed by atoms with Crippen molar-refractivity contribution >= 4 is 11.6 Å². The van der Waals surface area contributed by atoms with Gasteiger partial charge < -0.3 is 15.2 Å². The van der Waals surface area contributed by atoms with Gasteiger partial charge in [0.1, 0.15) is 0 Å². The van der Waals surface area contributed by atoms with Gasteiger partial charge in [0, 0.05) is 6.54 Å². The molecule has 1 aromatic rings. The molecule has 5 heteroatoms. The quantitative estimate of drug-likeness (QED) is 0.833. The summed E-state index contributed by atoms with van der Waals surface area (Å²) in [6.07, 6.45) is -0.734. The first-order valence-electron chi connectivity index (χ1n) is 4.45. The SMILES string of the molecule is CNCC(O)c1cc(Cl)c(F)c(OC)c1. The number of nitrogens with one attached hydrogen (secondary N) is 1. The zero-order chi connectivity index (χ0) is 11.4. The Hall–Kier alpha value is -0.840. The predicted molar refractivity (Wildman–Crippen MR) is 56.8 cm³/mol. The fraction of sp³-hybridized carbons (Fsp3) is 0.400. The van der Waals surface area contributed by atoms with E-state index in [0.717, 1.165) is 0 Å². The van der Waals surface area contributed by atoms with Crippen LogP contribution < -0.4 is 10.1 Å². The van der Waals surface area contributed by atoms with Gasteiger partial charge in [-0.05, 0) is 24.7 Å². The van der Waals surface area contributed by atoms with E-state index in [1.165, 1.54) is 19.2 Å². The summed E-state index contributed by atoms with van der Waals surface area (Å²) in [5.41, 5.74) is 0.521. The number of halogens is 2. The normalized spacial score (nSPS) is 12.6. The van der Waals surface area contributed by atoms with E-state index in [-0.39, 0.29) is 10.8 Å². The van der Waals surface area contributed by atoms with Gasteiger partial charge >= 0.3 is 0 Å². The Morgan fingerprint density at radius 2 is 2.27 bits per heavy atom. The van der Waals surface area contributed by atoms with Crippen LogP contribution in [0.25, 0.3) is 0 Å². The molecular weight excluding hydrogens is 221 g/mol. The van der Waals surface area contributed by atoms with Crippen molar-refractivity contribution in [1.29, 1.82) is 0 Å². The number of benzene rings is 1. The van der Waals surface area contributed by atoms with E-state index in [0.29, 0.717) is 12.1 Å². The molecule has 0 bridgehead atoms. The van der Waals surface area contributed by atoms with Gasteiger partial charge in [-0.2, -0.15) is 0 Å². The molecule has 0 aliphatic carbocycles. The lowest BCUT2D eigenvalue weighted by atomic mass is 10.1. The average Bonchev–Trinajstić information content (AvgIpc) is 2.22. The van der Waals surface area contributed by atoms with Crippen LogP contribution in [0.5, 0.6) is 5.75 Å². The molecule has 0 spiro atoms. The number of likely N-dealkylation sites (N-methyl/N-ethyl adjacent to an activating group) is 1. The van der Waals surface area contributed by atoms with Crippen LogP contribution in [0.2, 0.25) is 5.02 Å². The summed E-state index contributed by atoms with van der Waals surface area (Å²) < 4.78 is 18.1. The Bertz CT molecular complexity index is 346. The Morgan fingerprint density at radius 3 is 2.80 bits per heavy atom. The third kappa shape index (κ3) is 2.81. The number of rotatable bonds is 4. The molecule has 0 amide bonds. The highest BCUT2D eigenvalue weighted by Gasteiger charge is 2.14. The number of aliphatic hydroxyl groups is 1. The smallest absolute Gasteiger partial charge is 0.183 e. The maximum atomic E-state index is 13.3. The van der Waals surface area contributed by atoms with Crippen molar-refractivity contribution in [3.8, 4) is 5.75 Å². The summed E-state index contributed by atoms with van der Waals surface area (Å²) in [6, 6.07) is 2.82. The van der Waals surface area contributed by atoms with Gasteiger partial charge in [0.2, 0.25) is 0 Å². The van der Waals surface area contributed by atoms with Crippen LogP contribution in [-0.2, 0) is 0 Å². The lowest BCUT2D eigenvalue weighted by molar-refractivity contribution is 0.177. The highest BCUT2D eigenvalue weighted by molar-refractivity contribution is 6.31. The monoisotopic (exact) mass is 233 g/mol. The van der Waals surface area contributed by atoms with Crippen molar-refractivity contribution in [3.05, 3.63) is 28.5 Å². The summed E-state index contributed by atoms with van der Waals surface area (Å²) in [4.78, 5) is 0. The number of hydrogen-bond acceptors (Lipinski definition) is 3. The van der Waals surface area contributed by atoms with Gasteiger partial charge in [-0.25, -0.2) is 4.39 Å². The molecule has 1 unspecified atom stereocenters. The third-order valence-electron chi connectivity index (χ3n) is 2.02. The number of ether oxygens (including phenoxy) is 1. The first kappa shape index (κ1) is 12.2. The second kappa shape index (κ2) is 5.30. The molecule has 1 atom stereocenters. The Labute approximate surface area is 92.8 Å². The number of methoxy groups -OCH3 is 1. The Balaban J connectivity index is 3.05. The van der Waals surface area contributed by atoms with Gasteiger partial charge in [0.25, 0.3) is 0 Å². The lowest BCUT2D eigenvalue weighted by Crippen LogP contribution is -2.16. The third-order valence-corrected chi connectivity index (χ3v) is 2.29. The zero-order valence-corrected chi connectivity index (χ0v) is 9.31. The molecule has 0 heterocycles. The van der Waals surface area contributed by atoms with Crippen LogP contribution in [-0.4, -0.2) is 25.8 Å². The highest BCUT2D eigenvalue weighted by Crippen LogP contribution is 2.29. The van der Waals surface area contributed by atoms with E-state index < -0.39 is 11.9 Å². The van der Waals surface area contributed by atoms with Crippen LogP contribution in [0.3, 0.4) is 0 Å². The fourth-order valence-electron chi connectivity index (χ4n) is 1.24. The molecule has 0 aliphatic heterocycles. The standard InChI is InChI=1S/C10H13ClFNO2/c1-13-5-8(14)6-3-7(11)10(12)9(4-6)15-2/h3-4,8,13-14H,5H2,1-2H3. The van der Waals surface area contributed by atoms with Crippen LogP contribution in [0.4, 0.5) is 4.39 Å². The van der Waals surface area contributed by atoms with E-state index in [1.54, 1.807) is 7.05 Å². The van der Waals surface area contributed by atoms with Gasteiger partial charge in [-0.15, -0.1) is 0 Å². The lowest BCUT2D eigenvalue weighted by Gasteiger charge is -2.12. The first-order valence-corrected chi connectivity index (χ1v) is 4.83. The van der Waals surface area contributed by atoms with Gasteiger partial charge in [0.15, 0.2) is 11.6 Å². The molecule has 0 radical (unpaired) electrons. The number of hydrogen-bond donors (Lipinski definition) is 2. The minimum Gasteiger partial charge on any atom is -0.494 e. The maximum Gasteiger partial charge on any atom is 0.183 e. The minimum absolute atomic E-state index is 0.0349. The first-order chi connectivity index (χ1) is 7.10. The van der Waals surface area contributed by atoms with Crippen LogP contribution in [0.15, 0.2) is 12.1 Å². The van der Waals surface area contributed by atoms with Crippen molar-refractivity contribution < 1.29 is 14.2 Å². The molecule has 2 N–H and O–H groups in total. The summed E-state index contributed by atoms with van der Waals surface area (Å²) in [5.74, 6) is -0.577. The summed E-state index contributed by atoms with van der Waals surface area (Å²) in [5, 5.41) is 12.4. The summed E-state index contributed by atoms with van der Waals surface area (Å²) >= 11 is 5.66. The molecule has 0 aromatic heterocycles. The van der Waals surface area contributed by atoms with E-state index >= 15 is 0 Å². The molecule has 15 heavy (non-hydrogen) atoms. The molecule has 0 aliphatic rings. The molecule has 1 rings (SSSR count). The van der Waals surface area contributed by atoms with Crippen molar-refractivity contribution in [2.75, 3.05) is 20.7 Å². The van der Waals surface area contributed by atoms with Crippen molar-refractivity contribution in [1.82, 2.24) is 5.32 Å². The van der Waals surface area contributed by atoms with E-state index in [1.807, 2.05) is 0 Å². The predicted octanol–water partition coefficient (Wildman–Crippen LogP) is 1.74. The minimum atomic E-state index is -0.734. The second-order valence-corrected chi connectivity index (χ2v) is 3.50. The van der Waals surface area contributed by atoms with Gasteiger partial charge in [-0.1, -0.05) is 11.6 Å². The van der Waals surface area contributed by atoms with Gasteiger partial charge in [-0.3, -0.25) is 0 Å². The van der Waals surface area contributed by atoms with E-state index in [9.17, 15) is 9.50 Å². The van der Waals surface area contributed by atoms with E-state index in [4.69, 9.17) is 16.3 Å². The van der Waals surface area contributed by atoms with Crippen molar-refractivity contribution in [2.45, 2.75) is 6.10 Å². The largest absolute Gasteiger partial charge is 0.494 e. The Kier molecular flexibility index (Phi) is 4.32. The second-order valence-electron chi connectivity index (χ2n) is 3.09. The zero-order valence-electron chi connectivity index (χ0n) is 8.55. The van der Waals surface area contributed by atoms with Crippen molar-refractivity contribution in [3.63, 3.8) is 0 Å². The molecule has 1 aromatic carbocycles. The van der Waals surface area contributed by atoms with Gasteiger partial charge in [0.05, 0.1) is 18.2 Å². The Morgan fingerprint density at radius 1 is 1.60 bits per heavy atom. The molecular formula is C10H13ClFNO2.